The Kier molecular flexibility index (Phi) is 4.22. The molecule has 0 spiro atoms. The molecule has 1 aliphatic heterocycles. The third kappa shape index (κ3) is 2.96. The molecule has 19 heavy (non-hydrogen) atoms. The number of β-amino-alcohol motifs (C(OH)–C–C–N with tert-alkyl or cyclic N) is 1. The minimum absolute atomic E-state index is 0.0322. The van der Waals surface area contributed by atoms with Gasteiger partial charge < -0.3 is 15.3 Å². The summed E-state index contributed by atoms with van der Waals surface area (Å²) in [7, 11) is 1.90. The molecule has 1 aliphatic rings. The van der Waals surface area contributed by atoms with E-state index in [4.69, 9.17) is 0 Å². The van der Waals surface area contributed by atoms with E-state index in [0.29, 0.717) is 19.5 Å². The Bertz CT molecular complexity index is 453. The van der Waals surface area contributed by atoms with Gasteiger partial charge in [0.25, 0.3) is 5.91 Å². The van der Waals surface area contributed by atoms with Crippen LogP contribution in [0.5, 0.6) is 0 Å². The minimum atomic E-state index is -0.671. The molecule has 1 amide bonds. The fourth-order valence-corrected chi connectivity index (χ4v) is 2.41. The van der Waals surface area contributed by atoms with Crippen molar-refractivity contribution in [3.63, 3.8) is 0 Å². The van der Waals surface area contributed by atoms with Gasteiger partial charge in [-0.25, -0.2) is 0 Å². The van der Waals surface area contributed by atoms with Crippen LogP contribution in [0.1, 0.15) is 29.3 Å². The van der Waals surface area contributed by atoms with Gasteiger partial charge in [0.15, 0.2) is 0 Å². The largest absolute Gasteiger partial charge is 0.386 e. The van der Waals surface area contributed by atoms with E-state index in [1.54, 1.807) is 4.90 Å². The summed E-state index contributed by atoms with van der Waals surface area (Å²) in [4.78, 5) is 14.1. The number of benzene rings is 1. The van der Waals surface area contributed by atoms with Crippen LogP contribution in [-0.4, -0.2) is 48.2 Å². The summed E-state index contributed by atoms with van der Waals surface area (Å²) >= 11 is 0. The number of carbonyl (C=O) groups excluding carboxylic acids is 1. The fourth-order valence-electron chi connectivity index (χ4n) is 2.41. The second-order valence-corrected chi connectivity index (χ2v) is 5.25. The lowest BCUT2D eigenvalue weighted by molar-refractivity contribution is -0.0826. The molecule has 104 valence electrons. The summed E-state index contributed by atoms with van der Waals surface area (Å²) in [6, 6.07) is 7.72. The van der Waals surface area contributed by atoms with Gasteiger partial charge in [0.1, 0.15) is 0 Å². The molecule has 0 bridgehead atoms. The molecule has 1 aromatic carbocycles. The molecule has 4 heteroatoms. The van der Waals surface area contributed by atoms with Crippen LogP contribution in [0.3, 0.4) is 0 Å². The SMILES string of the molecule is CCC1(O)CN(C(=O)c2ccccc2CCNC)C1. The van der Waals surface area contributed by atoms with Crippen molar-refractivity contribution in [3.8, 4) is 0 Å². The van der Waals surface area contributed by atoms with Crippen LogP contribution >= 0.6 is 0 Å². The summed E-state index contributed by atoms with van der Waals surface area (Å²) in [6.45, 7) is 3.69. The molecule has 0 radical (unpaired) electrons. The molecular formula is C15H22N2O2. The number of aliphatic hydroxyl groups is 1. The first-order chi connectivity index (χ1) is 9.09. The van der Waals surface area contributed by atoms with Crippen molar-refractivity contribution in [2.75, 3.05) is 26.7 Å². The molecule has 0 unspecified atom stereocenters. The van der Waals surface area contributed by atoms with Crippen LogP contribution in [0.15, 0.2) is 24.3 Å². The van der Waals surface area contributed by atoms with E-state index in [1.807, 2.05) is 38.2 Å². The van der Waals surface area contributed by atoms with Gasteiger partial charge in [-0.3, -0.25) is 4.79 Å². The monoisotopic (exact) mass is 262 g/mol. The highest BCUT2D eigenvalue weighted by atomic mass is 16.3. The Balaban J connectivity index is 2.08. The lowest BCUT2D eigenvalue weighted by Crippen LogP contribution is -2.63. The number of hydrogen-bond donors (Lipinski definition) is 2. The van der Waals surface area contributed by atoms with E-state index in [-0.39, 0.29) is 5.91 Å². The van der Waals surface area contributed by atoms with Crippen molar-refractivity contribution >= 4 is 5.91 Å². The van der Waals surface area contributed by atoms with Crippen LogP contribution in [-0.2, 0) is 6.42 Å². The van der Waals surface area contributed by atoms with Gasteiger partial charge in [-0.15, -0.1) is 0 Å². The molecule has 2 rings (SSSR count). The normalized spacial score (nSPS) is 17.1. The molecule has 0 aromatic heterocycles. The van der Waals surface area contributed by atoms with E-state index < -0.39 is 5.60 Å². The predicted molar refractivity (Wildman–Crippen MR) is 75.2 cm³/mol. The molecule has 4 nitrogen and oxygen atoms in total. The highest BCUT2D eigenvalue weighted by molar-refractivity contribution is 5.96. The second-order valence-electron chi connectivity index (χ2n) is 5.25. The molecule has 0 atom stereocenters. The number of carbonyl (C=O) groups is 1. The zero-order chi connectivity index (χ0) is 13.9. The topological polar surface area (TPSA) is 52.6 Å². The predicted octanol–water partition coefficient (Wildman–Crippen LogP) is 1.05. The van der Waals surface area contributed by atoms with Crippen LogP contribution in [0.25, 0.3) is 0 Å². The molecule has 1 saturated heterocycles. The van der Waals surface area contributed by atoms with E-state index in [1.165, 1.54) is 0 Å². The Morgan fingerprint density at radius 3 is 2.74 bits per heavy atom. The van der Waals surface area contributed by atoms with Gasteiger partial charge in [0, 0.05) is 5.56 Å². The number of nitrogens with zero attached hydrogens (tertiary/aromatic N) is 1. The lowest BCUT2D eigenvalue weighted by atomic mass is 9.90. The zero-order valence-electron chi connectivity index (χ0n) is 11.6. The Hall–Kier alpha value is -1.39. The summed E-state index contributed by atoms with van der Waals surface area (Å²) in [5, 5.41) is 13.1. The van der Waals surface area contributed by atoms with Crippen molar-refractivity contribution in [3.05, 3.63) is 35.4 Å². The molecule has 0 saturated carbocycles. The quantitative estimate of drug-likeness (QED) is 0.834. The molecule has 2 N–H and O–H groups in total. The highest BCUT2D eigenvalue weighted by Gasteiger charge is 2.42. The van der Waals surface area contributed by atoms with Crippen LogP contribution in [0.2, 0.25) is 0 Å². The molecule has 1 fully saturated rings. The summed E-state index contributed by atoms with van der Waals surface area (Å²) in [6.07, 6.45) is 1.53. The van der Waals surface area contributed by atoms with E-state index >= 15 is 0 Å². The summed E-state index contributed by atoms with van der Waals surface area (Å²) in [5.41, 5.74) is 1.15. The highest BCUT2D eigenvalue weighted by Crippen LogP contribution is 2.26. The first kappa shape index (κ1) is 14.0. The van der Waals surface area contributed by atoms with E-state index in [2.05, 4.69) is 5.32 Å². The van der Waals surface area contributed by atoms with Crippen LogP contribution < -0.4 is 5.32 Å². The van der Waals surface area contributed by atoms with E-state index in [9.17, 15) is 9.90 Å². The van der Waals surface area contributed by atoms with Gasteiger partial charge >= 0.3 is 0 Å². The average molecular weight is 262 g/mol. The summed E-state index contributed by atoms with van der Waals surface area (Å²) in [5.74, 6) is 0.0322. The Labute approximate surface area is 114 Å². The van der Waals surface area contributed by atoms with Crippen molar-refractivity contribution in [2.24, 2.45) is 0 Å². The molecular weight excluding hydrogens is 240 g/mol. The van der Waals surface area contributed by atoms with Gasteiger partial charge in [-0.1, -0.05) is 25.1 Å². The van der Waals surface area contributed by atoms with Crippen molar-refractivity contribution in [1.29, 1.82) is 0 Å². The molecule has 1 heterocycles. The van der Waals surface area contributed by atoms with Crippen molar-refractivity contribution in [2.45, 2.75) is 25.4 Å². The van der Waals surface area contributed by atoms with Gasteiger partial charge in [0.2, 0.25) is 0 Å². The number of likely N-dealkylation sites (tertiary alicyclic amines) is 1. The van der Waals surface area contributed by atoms with Gasteiger partial charge in [-0.2, -0.15) is 0 Å². The van der Waals surface area contributed by atoms with Crippen LogP contribution in [0.4, 0.5) is 0 Å². The maximum Gasteiger partial charge on any atom is 0.254 e. The number of nitrogens with one attached hydrogen (secondary N) is 1. The number of likely N-dealkylation sites (N-methyl/N-ethyl adjacent to an activating group) is 1. The first-order valence-corrected chi connectivity index (χ1v) is 6.84. The lowest BCUT2D eigenvalue weighted by Gasteiger charge is -2.46. The number of rotatable bonds is 5. The van der Waals surface area contributed by atoms with E-state index in [0.717, 1.165) is 24.1 Å². The minimum Gasteiger partial charge on any atom is -0.386 e. The van der Waals surface area contributed by atoms with Crippen molar-refractivity contribution < 1.29 is 9.90 Å². The molecule has 0 aliphatic carbocycles. The third-order valence-electron chi connectivity index (χ3n) is 3.81. The summed E-state index contributed by atoms with van der Waals surface area (Å²) < 4.78 is 0. The average Bonchev–Trinajstić information content (AvgIpc) is 2.41. The maximum absolute atomic E-state index is 12.4. The first-order valence-electron chi connectivity index (χ1n) is 6.84. The second kappa shape index (κ2) is 5.72. The maximum atomic E-state index is 12.4. The Morgan fingerprint density at radius 1 is 1.42 bits per heavy atom. The third-order valence-corrected chi connectivity index (χ3v) is 3.81. The Morgan fingerprint density at radius 2 is 2.11 bits per heavy atom. The van der Waals surface area contributed by atoms with Gasteiger partial charge in [0.05, 0.1) is 18.7 Å². The van der Waals surface area contributed by atoms with Crippen LogP contribution in [0, 0.1) is 0 Å². The smallest absolute Gasteiger partial charge is 0.254 e. The standard InChI is InChI=1S/C15H22N2O2/c1-3-15(19)10-17(11-15)14(18)13-7-5-4-6-12(13)8-9-16-2/h4-7,16,19H,3,8-11H2,1-2H3. The number of hydrogen-bond acceptors (Lipinski definition) is 3. The zero-order valence-corrected chi connectivity index (χ0v) is 11.6. The van der Waals surface area contributed by atoms with Crippen molar-refractivity contribution in [1.82, 2.24) is 10.2 Å². The fraction of sp³-hybridized carbons (Fsp3) is 0.533. The van der Waals surface area contributed by atoms with Gasteiger partial charge in [-0.05, 0) is 38.1 Å². The number of amides is 1. The molecule has 1 aromatic rings.